The highest BCUT2D eigenvalue weighted by atomic mass is 16.7. The zero-order valence-corrected chi connectivity index (χ0v) is 12.0. The van der Waals surface area contributed by atoms with Crippen molar-refractivity contribution in [2.24, 2.45) is 0 Å². The Bertz CT molecular complexity index is 705. The minimum absolute atomic E-state index is 0.0216. The van der Waals surface area contributed by atoms with Gasteiger partial charge in [-0.1, -0.05) is 24.3 Å². The van der Waals surface area contributed by atoms with Gasteiger partial charge >= 0.3 is 0 Å². The number of anilines is 1. The van der Waals surface area contributed by atoms with E-state index in [2.05, 4.69) is 22.3 Å². The van der Waals surface area contributed by atoms with E-state index < -0.39 is 0 Å². The van der Waals surface area contributed by atoms with Crippen LogP contribution in [0.3, 0.4) is 0 Å². The molecule has 0 aliphatic carbocycles. The molecule has 4 rings (SSSR count). The highest BCUT2D eigenvalue weighted by molar-refractivity contribution is 5.92. The first-order valence-electron chi connectivity index (χ1n) is 7.26. The minimum atomic E-state index is -0.0216. The van der Waals surface area contributed by atoms with Gasteiger partial charge in [0, 0.05) is 24.8 Å². The summed E-state index contributed by atoms with van der Waals surface area (Å²) in [6, 6.07) is 13.7. The van der Waals surface area contributed by atoms with Gasteiger partial charge in [0.05, 0.1) is 6.54 Å². The monoisotopic (exact) mass is 296 g/mol. The molecule has 112 valence electrons. The van der Waals surface area contributed by atoms with E-state index in [0.29, 0.717) is 18.0 Å². The highest BCUT2D eigenvalue weighted by Crippen LogP contribution is 2.34. The molecule has 5 nitrogen and oxygen atoms in total. The molecular weight excluding hydrogens is 280 g/mol. The summed E-state index contributed by atoms with van der Waals surface area (Å²) in [5.41, 5.74) is 3.34. The third-order valence-electron chi connectivity index (χ3n) is 3.93. The van der Waals surface area contributed by atoms with E-state index in [1.807, 2.05) is 24.3 Å². The summed E-state index contributed by atoms with van der Waals surface area (Å²) >= 11 is 0. The number of nitrogens with one attached hydrogen (secondary N) is 1. The van der Waals surface area contributed by atoms with Gasteiger partial charge in [0.15, 0.2) is 11.5 Å². The second-order valence-electron chi connectivity index (χ2n) is 5.53. The van der Waals surface area contributed by atoms with E-state index in [-0.39, 0.29) is 12.7 Å². The molecule has 0 aromatic heterocycles. The van der Waals surface area contributed by atoms with E-state index in [4.69, 9.17) is 9.47 Å². The van der Waals surface area contributed by atoms with Crippen molar-refractivity contribution in [1.29, 1.82) is 0 Å². The average molecular weight is 296 g/mol. The quantitative estimate of drug-likeness (QED) is 0.945. The van der Waals surface area contributed by atoms with Crippen molar-refractivity contribution in [3.05, 3.63) is 53.6 Å². The van der Waals surface area contributed by atoms with E-state index in [1.165, 1.54) is 11.1 Å². The Morgan fingerprint density at radius 2 is 1.77 bits per heavy atom. The lowest BCUT2D eigenvalue weighted by molar-refractivity contribution is -0.117. The smallest absolute Gasteiger partial charge is 0.238 e. The molecule has 0 bridgehead atoms. The normalized spacial score (nSPS) is 15.6. The molecule has 2 aromatic carbocycles. The van der Waals surface area contributed by atoms with Crippen LogP contribution in [0.5, 0.6) is 11.5 Å². The zero-order chi connectivity index (χ0) is 14.9. The third kappa shape index (κ3) is 2.51. The Hall–Kier alpha value is -2.53. The van der Waals surface area contributed by atoms with Gasteiger partial charge in [0.1, 0.15) is 0 Å². The lowest BCUT2D eigenvalue weighted by atomic mass is 10.1. The van der Waals surface area contributed by atoms with Crippen molar-refractivity contribution in [3.63, 3.8) is 0 Å². The lowest BCUT2D eigenvalue weighted by Gasteiger charge is -2.14. The summed E-state index contributed by atoms with van der Waals surface area (Å²) in [6.45, 7) is 2.26. The Morgan fingerprint density at radius 1 is 1.05 bits per heavy atom. The standard InChI is InChI=1S/C17H16N2O3/c20-17(10-19-8-12-3-1-2-4-13(12)9-19)18-14-5-6-15-16(7-14)22-11-21-15/h1-7H,8-11H2,(H,18,20). The second kappa shape index (κ2) is 5.35. The first-order chi connectivity index (χ1) is 10.8. The number of nitrogens with zero attached hydrogens (tertiary/aromatic N) is 1. The van der Waals surface area contributed by atoms with Crippen LogP contribution in [-0.2, 0) is 17.9 Å². The van der Waals surface area contributed by atoms with Crippen molar-refractivity contribution in [2.45, 2.75) is 13.1 Å². The molecule has 2 heterocycles. The van der Waals surface area contributed by atoms with Crippen molar-refractivity contribution in [2.75, 3.05) is 18.7 Å². The van der Waals surface area contributed by atoms with Crippen LogP contribution in [-0.4, -0.2) is 24.1 Å². The van der Waals surface area contributed by atoms with Crippen LogP contribution in [0.25, 0.3) is 0 Å². The SMILES string of the molecule is O=C(CN1Cc2ccccc2C1)Nc1ccc2c(c1)OCO2. The van der Waals surface area contributed by atoms with Crippen LogP contribution < -0.4 is 14.8 Å². The van der Waals surface area contributed by atoms with Gasteiger partial charge < -0.3 is 14.8 Å². The summed E-state index contributed by atoms with van der Waals surface area (Å²) in [5.74, 6) is 1.37. The Morgan fingerprint density at radius 3 is 2.55 bits per heavy atom. The maximum atomic E-state index is 12.2. The van der Waals surface area contributed by atoms with Crippen molar-refractivity contribution < 1.29 is 14.3 Å². The van der Waals surface area contributed by atoms with E-state index in [1.54, 1.807) is 6.07 Å². The molecule has 1 N–H and O–H groups in total. The molecule has 1 amide bonds. The predicted octanol–water partition coefficient (Wildman–Crippen LogP) is 2.37. The van der Waals surface area contributed by atoms with E-state index >= 15 is 0 Å². The summed E-state index contributed by atoms with van der Waals surface area (Å²) in [7, 11) is 0. The molecule has 5 heteroatoms. The fraction of sp³-hybridized carbons (Fsp3) is 0.235. The maximum absolute atomic E-state index is 12.2. The largest absolute Gasteiger partial charge is 0.454 e. The maximum Gasteiger partial charge on any atom is 0.238 e. The van der Waals surface area contributed by atoms with Gasteiger partial charge in [-0.25, -0.2) is 0 Å². The topological polar surface area (TPSA) is 50.8 Å². The summed E-state index contributed by atoms with van der Waals surface area (Å²) in [6.07, 6.45) is 0. The van der Waals surface area contributed by atoms with Gasteiger partial charge in [-0.2, -0.15) is 0 Å². The van der Waals surface area contributed by atoms with Crippen molar-refractivity contribution >= 4 is 11.6 Å². The summed E-state index contributed by atoms with van der Waals surface area (Å²) in [5, 5.41) is 2.91. The molecule has 0 radical (unpaired) electrons. The Kier molecular flexibility index (Phi) is 3.20. The molecule has 0 atom stereocenters. The van der Waals surface area contributed by atoms with Crippen LogP contribution in [0.1, 0.15) is 11.1 Å². The molecule has 2 aliphatic heterocycles. The molecule has 0 saturated heterocycles. The fourth-order valence-electron chi connectivity index (χ4n) is 2.89. The van der Waals surface area contributed by atoms with Crippen LogP contribution in [0, 0.1) is 0 Å². The van der Waals surface area contributed by atoms with Gasteiger partial charge in [-0.3, -0.25) is 9.69 Å². The Balaban J connectivity index is 1.38. The van der Waals surface area contributed by atoms with Crippen LogP contribution >= 0.6 is 0 Å². The minimum Gasteiger partial charge on any atom is -0.454 e. The first-order valence-corrected chi connectivity index (χ1v) is 7.26. The van der Waals surface area contributed by atoms with Crippen LogP contribution in [0.15, 0.2) is 42.5 Å². The molecule has 0 unspecified atom stereocenters. The van der Waals surface area contributed by atoms with Gasteiger partial charge in [-0.15, -0.1) is 0 Å². The van der Waals surface area contributed by atoms with Crippen molar-refractivity contribution in [3.8, 4) is 11.5 Å². The van der Waals surface area contributed by atoms with Crippen molar-refractivity contribution in [1.82, 2.24) is 4.90 Å². The van der Waals surface area contributed by atoms with Gasteiger partial charge in [-0.05, 0) is 23.3 Å². The number of hydrogen-bond donors (Lipinski definition) is 1. The lowest BCUT2D eigenvalue weighted by Crippen LogP contribution is -2.29. The number of carbonyl (C=O) groups is 1. The predicted molar refractivity (Wildman–Crippen MR) is 81.8 cm³/mol. The number of carbonyl (C=O) groups excluding carboxylic acids is 1. The van der Waals surface area contributed by atoms with E-state index in [9.17, 15) is 4.79 Å². The third-order valence-corrected chi connectivity index (χ3v) is 3.93. The first kappa shape index (κ1) is 13.2. The van der Waals surface area contributed by atoms with E-state index in [0.717, 1.165) is 18.8 Å². The average Bonchev–Trinajstić information content (AvgIpc) is 3.11. The zero-order valence-electron chi connectivity index (χ0n) is 12.0. The van der Waals surface area contributed by atoms with Gasteiger partial charge in [0.2, 0.25) is 12.7 Å². The number of amides is 1. The summed E-state index contributed by atoms with van der Waals surface area (Å²) < 4.78 is 10.6. The molecule has 0 fully saturated rings. The number of rotatable bonds is 3. The Labute approximate surface area is 128 Å². The van der Waals surface area contributed by atoms with Crippen LogP contribution in [0.4, 0.5) is 5.69 Å². The number of hydrogen-bond acceptors (Lipinski definition) is 4. The molecule has 0 saturated carbocycles. The molecule has 2 aliphatic rings. The highest BCUT2D eigenvalue weighted by Gasteiger charge is 2.21. The molecular formula is C17H16N2O3. The molecule has 2 aromatic rings. The van der Waals surface area contributed by atoms with Crippen LogP contribution in [0.2, 0.25) is 0 Å². The number of ether oxygens (including phenoxy) is 2. The number of fused-ring (bicyclic) bond motifs is 2. The summed E-state index contributed by atoms with van der Waals surface area (Å²) in [4.78, 5) is 14.3. The molecule has 0 spiro atoms. The number of benzene rings is 2. The second-order valence-corrected chi connectivity index (χ2v) is 5.53. The van der Waals surface area contributed by atoms with Gasteiger partial charge in [0.25, 0.3) is 0 Å². The molecule has 22 heavy (non-hydrogen) atoms. The fourth-order valence-corrected chi connectivity index (χ4v) is 2.89.